The first-order valence-corrected chi connectivity index (χ1v) is 7.53. The van der Waals surface area contributed by atoms with Crippen molar-refractivity contribution < 1.29 is 4.79 Å². The average molecular weight is 274 g/mol. The van der Waals surface area contributed by atoms with E-state index in [4.69, 9.17) is 0 Å². The normalized spacial score (nSPS) is 11.4. The number of rotatable bonds is 8. The minimum absolute atomic E-state index is 0.00787. The van der Waals surface area contributed by atoms with Crippen LogP contribution in [0.2, 0.25) is 0 Å². The summed E-state index contributed by atoms with van der Waals surface area (Å²) in [6, 6.07) is 8.11. The van der Waals surface area contributed by atoms with Gasteiger partial charge in [-0.2, -0.15) is 5.10 Å². The molecule has 3 heteroatoms. The maximum absolute atomic E-state index is 11.7. The number of nitrogens with one attached hydrogen (secondary N) is 1. The zero-order chi connectivity index (χ0) is 14.8. The van der Waals surface area contributed by atoms with Crippen LogP contribution in [-0.2, 0) is 4.79 Å². The molecule has 0 fully saturated rings. The molecule has 20 heavy (non-hydrogen) atoms. The number of nitrogens with zero attached hydrogens (tertiary/aromatic N) is 1. The molecule has 0 bridgehead atoms. The van der Waals surface area contributed by atoms with Crippen LogP contribution in [0.25, 0.3) is 0 Å². The van der Waals surface area contributed by atoms with Crippen molar-refractivity contribution in [2.24, 2.45) is 5.10 Å². The molecule has 0 atom stereocenters. The summed E-state index contributed by atoms with van der Waals surface area (Å²) in [7, 11) is 0. The summed E-state index contributed by atoms with van der Waals surface area (Å²) < 4.78 is 0. The zero-order valence-corrected chi connectivity index (χ0v) is 12.9. The van der Waals surface area contributed by atoms with E-state index in [-0.39, 0.29) is 5.91 Å². The fraction of sp³-hybridized carbons (Fsp3) is 0.529. The van der Waals surface area contributed by atoms with Gasteiger partial charge in [-0.3, -0.25) is 4.79 Å². The monoisotopic (exact) mass is 274 g/mol. The number of unbranched alkanes of at least 4 members (excludes halogenated alkanes) is 4. The molecular weight excluding hydrogens is 248 g/mol. The van der Waals surface area contributed by atoms with Gasteiger partial charge < -0.3 is 0 Å². The van der Waals surface area contributed by atoms with E-state index in [1.54, 1.807) is 0 Å². The second-order valence-corrected chi connectivity index (χ2v) is 5.27. The first kappa shape index (κ1) is 16.4. The van der Waals surface area contributed by atoms with E-state index < -0.39 is 0 Å². The van der Waals surface area contributed by atoms with Crippen LogP contribution in [0, 0.1) is 6.92 Å². The number of hydrogen-bond donors (Lipinski definition) is 1. The fourth-order valence-electron chi connectivity index (χ4n) is 2.03. The molecule has 110 valence electrons. The van der Waals surface area contributed by atoms with Gasteiger partial charge in [0, 0.05) is 6.42 Å². The Bertz CT molecular complexity index is 452. The molecule has 0 heterocycles. The van der Waals surface area contributed by atoms with Crippen molar-refractivity contribution in [3.05, 3.63) is 35.4 Å². The van der Waals surface area contributed by atoms with Crippen molar-refractivity contribution in [1.29, 1.82) is 0 Å². The third kappa shape index (κ3) is 6.50. The highest BCUT2D eigenvalue weighted by Crippen LogP contribution is 2.06. The number of carbonyl (C=O) groups excluding carboxylic acids is 1. The topological polar surface area (TPSA) is 41.5 Å². The van der Waals surface area contributed by atoms with Crippen molar-refractivity contribution in [2.75, 3.05) is 0 Å². The largest absolute Gasteiger partial charge is 0.273 e. The van der Waals surface area contributed by atoms with Gasteiger partial charge in [-0.1, -0.05) is 62.4 Å². The number of amides is 1. The van der Waals surface area contributed by atoms with Gasteiger partial charge in [0.05, 0.1) is 5.71 Å². The molecule has 1 N–H and O–H groups in total. The van der Waals surface area contributed by atoms with Crippen molar-refractivity contribution in [3.8, 4) is 0 Å². The molecule has 0 saturated carbocycles. The van der Waals surface area contributed by atoms with Crippen LogP contribution < -0.4 is 5.43 Å². The average Bonchev–Trinajstić information content (AvgIpc) is 2.44. The van der Waals surface area contributed by atoms with Crippen molar-refractivity contribution in [1.82, 2.24) is 5.43 Å². The molecular formula is C17H26N2O. The molecule has 0 aliphatic carbocycles. The summed E-state index contributed by atoms with van der Waals surface area (Å²) >= 11 is 0. The van der Waals surface area contributed by atoms with Gasteiger partial charge in [0.1, 0.15) is 0 Å². The van der Waals surface area contributed by atoms with Crippen LogP contribution in [0.1, 0.15) is 63.5 Å². The minimum atomic E-state index is 0.00787. The van der Waals surface area contributed by atoms with Gasteiger partial charge in [0.15, 0.2) is 0 Å². The second kappa shape index (κ2) is 9.29. The van der Waals surface area contributed by atoms with E-state index in [0.29, 0.717) is 6.42 Å². The molecule has 1 aromatic rings. The highest BCUT2D eigenvalue weighted by Gasteiger charge is 2.01. The standard InChI is InChI=1S/C17H26N2O/c1-4-5-6-7-8-12-17(20)19-18-15(3)16-11-9-10-14(2)13-16/h9-11,13H,4-8,12H2,1-3H3,(H,19,20). The minimum Gasteiger partial charge on any atom is -0.273 e. The van der Waals surface area contributed by atoms with Crippen LogP contribution in [0.3, 0.4) is 0 Å². The lowest BCUT2D eigenvalue weighted by atomic mass is 10.1. The van der Waals surface area contributed by atoms with Crippen molar-refractivity contribution >= 4 is 11.6 Å². The van der Waals surface area contributed by atoms with E-state index in [0.717, 1.165) is 24.1 Å². The van der Waals surface area contributed by atoms with Gasteiger partial charge >= 0.3 is 0 Å². The summed E-state index contributed by atoms with van der Waals surface area (Å²) in [6.07, 6.45) is 6.34. The first-order chi connectivity index (χ1) is 9.63. The zero-order valence-electron chi connectivity index (χ0n) is 12.9. The Morgan fingerprint density at radius 2 is 1.95 bits per heavy atom. The summed E-state index contributed by atoms with van der Waals surface area (Å²) in [5, 5.41) is 4.17. The number of hydrogen-bond acceptors (Lipinski definition) is 2. The van der Waals surface area contributed by atoms with E-state index in [1.807, 2.05) is 32.0 Å². The lowest BCUT2D eigenvalue weighted by molar-refractivity contribution is -0.121. The molecule has 0 radical (unpaired) electrons. The third-order valence-corrected chi connectivity index (χ3v) is 3.29. The number of hydrazone groups is 1. The maximum Gasteiger partial charge on any atom is 0.240 e. The molecule has 3 nitrogen and oxygen atoms in total. The first-order valence-electron chi connectivity index (χ1n) is 7.53. The molecule has 0 spiro atoms. The molecule has 0 unspecified atom stereocenters. The van der Waals surface area contributed by atoms with E-state index in [1.165, 1.54) is 24.8 Å². The molecule has 0 aliphatic rings. The van der Waals surface area contributed by atoms with Crippen LogP contribution in [0.4, 0.5) is 0 Å². The Hall–Kier alpha value is -1.64. The molecule has 0 saturated heterocycles. The van der Waals surface area contributed by atoms with Crippen LogP contribution in [0.5, 0.6) is 0 Å². The quantitative estimate of drug-likeness (QED) is 0.431. The maximum atomic E-state index is 11.7. The summed E-state index contributed by atoms with van der Waals surface area (Å²) in [6.45, 7) is 6.15. The van der Waals surface area contributed by atoms with Gasteiger partial charge in [0.25, 0.3) is 0 Å². The highest BCUT2D eigenvalue weighted by atomic mass is 16.2. The predicted octanol–water partition coefficient (Wildman–Crippen LogP) is 4.20. The number of carbonyl (C=O) groups is 1. The van der Waals surface area contributed by atoms with Gasteiger partial charge in [-0.25, -0.2) is 5.43 Å². The smallest absolute Gasteiger partial charge is 0.240 e. The molecule has 0 aromatic heterocycles. The number of aryl methyl sites for hydroxylation is 1. The molecule has 1 rings (SSSR count). The Kier molecular flexibility index (Phi) is 7.63. The SMILES string of the molecule is CCCCCCCC(=O)NN=C(C)c1cccc(C)c1. The lowest BCUT2D eigenvalue weighted by Crippen LogP contribution is -2.18. The summed E-state index contributed by atoms with van der Waals surface area (Å²) in [5.41, 5.74) is 5.72. The van der Waals surface area contributed by atoms with Crippen LogP contribution in [-0.4, -0.2) is 11.6 Å². The Morgan fingerprint density at radius 3 is 2.65 bits per heavy atom. The van der Waals surface area contributed by atoms with Crippen LogP contribution >= 0.6 is 0 Å². The van der Waals surface area contributed by atoms with Gasteiger partial charge in [-0.05, 0) is 25.8 Å². The van der Waals surface area contributed by atoms with Crippen LogP contribution in [0.15, 0.2) is 29.4 Å². The highest BCUT2D eigenvalue weighted by molar-refractivity contribution is 5.99. The Labute approximate surface area is 122 Å². The van der Waals surface area contributed by atoms with Crippen molar-refractivity contribution in [2.45, 2.75) is 59.3 Å². The summed E-state index contributed by atoms with van der Waals surface area (Å²) in [4.78, 5) is 11.7. The van der Waals surface area contributed by atoms with Gasteiger partial charge in [-0.15, -0.1) is 0 Å². The van der Waals surface area contributed by atoms with E-state index >= 15 is 0 Å². The third-order valence-electron chi connectivity index (χ3n) is 3.29. The molecule has 1 aromatic carbocycles. The molecule has 1 amide bonds. The fourth-order valence-corrected chi connectivity index (χ4v) is 2.03. The lowest BCUT2D eigenvalue weighted by Gasteiger charge is -2.04. The predicted molar refractivity (Wildman–Crippen MR) is 84.9 cm³/mol. The van der Waals surface area contributed by atoms with E-state index in [2.05, 4.69) is 23.5 Å². The second-order valence-electron chi connectivity index (χ2n) is 5.27. The summed E-state index contributed by atoms with van der Waals surface area (Å²) in [5.74, 6) is 0.00787. The number of benzene rings is 1. The molecule has 0 aliphatic heterocycles. The van der Waals surface area contributed by atoms with Gasteiger partial charge in [0.2, 0.25) is 5.91 Å². The Balaban J connectivity index is 2.33. The van der Waals surface area contributed by atoms with Crippen molar-refractivity contribution in [3.63, 3.8) is 0 Å². The van der Waals surface area contributed by atoms with E-state index in [9.17, 15) is 4.79 Å². The Morgan fingerprint density at radius 1 is 1.20 bits per heavy atom.